The van der Waals surface area contributed by atoms with E-state index in [9.17, 15) is 9.59 Å². The average molecular weight is 533 g/mol. The van der Waals surface area contributed by atoms with Crippen molar-refractivity contribution in [1.29, 1.82) is 0 Å². The number of halogens is 1. The highest BCUT2D eigenvalue weighted by Crippen LogP contribution is 2.40. The lowest BCUT2D eigenvalue weighted by Gasteiger charge is -2.14. The maximum Gasteiger partial charge on any atom is 0.341 e. The van der Waals surface area contributed by atoms with E-state index in [1.54, 1.807) is 23.1 Å². The first-order valence-corrected chi connectivity index (χ1v) is 12.0. The number of carbonyl (C=O) groups excluding carboxylic acids is 1. The number of hydrogen-bond acceptors (Lipinski definition) is 6. The van der Waals surface area contributed by atoms with E-state index in [0.29, 0.717) is 44.8 Å². The SMILES string of the molecule is CCOc1cc(/C=C2/SC(=Nc3c(C)cccc3C)N(CC)C2=O)cc(Br)c1OCC(=O)O. The van der Waals surface area contributed by atoms with Crippen molar-refractivity contribution in [2.75, 3.05) is 19.8 Å². The largest absolute Gasteiger partial charge is 0.490 e. The second-order valence-corrected chi connectivity index (χ2v) is 9.10. The van der Waals surface area contributed by atoms with E-state index in [2.05, 4.69) is 15.9 Å². The number of ether oxygens (including phenoxy) is 2. The molecule has 0 bridgehead atoms. The molecule has 2 aromatic rings. The first kappa shape index (κ1) is 24.9. The van der Waals surface area contributed by atoms with Crippen LogP contribution in [0.4, 0.5) is 5.69 Å². The Labute approximate surface area is 205 Å². The van der Waals surface area contributed by atoms with Gasteiger partial charge >= 0.3 is 5.97 Å². The number of amides is 1. The minimum atomic E-state index is -1.08. The molecule has 3 rings (SSSR count). The predicted octanol–water partition coefficient (Wildman–Crippen LogP) is 5.55. The van der Waals surface area contributed by atoms with Gasteiger partial charge in [0, 0.05) is 6.54 Å². The summed E-state index contributed by atoms with van der Waals surface area (Å²) >= 11 is 4.75. The number of benzene rings is 2. The summed E-state index contributed by atoms with van der Waals surface area (Å²) in [6.45, 7) is 8.13. The summed E-state index contributed by atoms with van der Waals surface area (Å²) in [6, 6.07) is 9.48. The van der Waals surface area contributed by atoms with Crippen LogP contribution < -0.4 is 9.47 Å². The third-order valence-electron chi connectivity index (χ3n) is 4.82. The van der Waals surface area contributed by atoms with E-state index in [1.165, 1.54) is 11.8 Å². The number of aliphatic imine (C=N–C) groups is 1. The number of hydrogen-bond donors (Lipinski definition) is 1. The molecular formula is C24H25BrN2O5S. The molecule has 174 valence electrons. The van der Waals surface area contributed by atoms with Gasteiger partial charge in [0.15, 0.2) is 23.3 Å². The quantitative estimate of drug-likeness (QED) is 0.448. The van der Waals surface area contributed by atoms with Crippen molar-refractivity contribution < 1.29 is 24.2 Å². The van der Waals surface area contributed by atoms with Crippen LogP contribution in [-0.2, 0) is 9.59 Å². The van der Waals surface area contributed by atoms with Gasteiger partial charge in [-0.3, -0.25) is 9.69 Å². The van der Waals surface area contributed by atoms with Gasteiger partial charge in [-0.25, -0.2) is 9.79 Å². The molecular weight excluding hydrogens is 508 g/mol. The number of carboxylic acid groups (broad SMARTS) is 1. The molecule has 33 heavy (non-hydrogen) atoms. The van der Waals surface area contributed by atoms with Crippen molar-refractivity contribution in [1.82, 2.24) is 4.90 Å². The van der Waals surface area contributed by atoms with Crippen LogP contribution >= 0.6 is 27.7 Å². The van der Waals surface area contributed by atoms with Gasteiger partial charge in [0.05, 0.1) is 21.7 Å². The normalized spacial score (nSPS) is 16.0. The van der Waals surface area contributed by atoms with E-state index in [1.807, 2.05) is 45.9 Å². The molecule has 0 saturated carbocycles. The third-order valence-corrected chi connectivity index (χ3v) is 6.42. The molecule has 9 heteroatoms. The maximum atomic E-state index is 13.1. The van der Waals surface area contributed by atoms with Crippen LogP contribution in [0.3, 0.4) is 0 Å². The van der Waals surface area contributed by atoms with Crippen LogP contribution in [0.15, 0.2) is 44.7 Å². The van der Waals surface area contributed by atoms with Gasteiger partial charge < -0.3 is 14.6 Å². The number of rotatable bonds is 8. The van der Waals surface area contributed by atoms with Crippen LogP contribution in [-0.4, -0.2) is 46.8 Å². The summed E-state index contributed by atoms with van der Waals surface area (Å²) in [5.41, 5.74) is 3.68. The Morgan fingerprint density at radius 2 is 1.91 bits per heavy atom. The highest BCUT2D eigenvalue weighted by molar-refractivity contribution is 9.10. The molecule has 0 spiro atoms. The summed E-state index contributed by atoms with van der Waals surface area (Å²) in [7, 11) is 0. The molecule has 0 atom stereocenters. The molecule has 1 aliphatic rings. The summed E-state index contributed by atoms with van der Waals surface area (Å²) in [5.74, 6) is -0.502. The lowest BCUT2D eigenvalue weighted by Crippen LogP contribution is -2.28. The lowest BCUT2D eigenvalue weighted by molar-refractivity contribution is -0.139. The van der Waals surface area contributed by atoms with Crippen LogP contribution in [0.25, 0.3) is 6.08 Å². The van der Waals surface area contributed by atoms with E-state index in [-0.39, 0.29) is 5.91 Å². The Bertz CT molecular complexity index is 1130. The first-order valence-electron chi connectivity index (χ1n) is 10.4. The Hall–Kier alpha value is -2.78. The Morgan fingerprint density at radius 3 is 2.52 bits per heavy atom. The Morgan fingerprint density at radius 1 is 1.21 bits per heavy atom. The molecule has 1 N–H and O–H groups in total. The Kier molecular flexibility index (Phi) is 8.20. The minimum Gasteiger partial charge on any atom is -0.490 e. The number of thioether (sulfide) groups is 1. The number of aryl methyl sites for hydroxylation is 2. The highest BCUT2D eigenvalue weighted by Gasteiger charge is 2.32. The fourth-order valence-electron chi connectivity index (χ4n) is 3.31. The van der Waals surface area contributed by atoms with Gasteiger partial charge in [0.1, 0.15) is 0 Å². The molecule has 0 radical (unpaired) electrons. The second-order valence-electron chi connectivity index (χ2n) is 7.24. The van der Waals surface area contributed by atoms with Crippen LogP contribution in [0.5, 0.6) is 11.5 Å². The topological polar surface area (TPSA) is 88.4 Å². The number of amidine groups is 1. The zero-order chi connectivity index (χ0) is 24.1. The summed E-state index contributed by atoms with van der Waals surface area (Å²) in [6.07, 6.45) is 1.77. The number of nitrogens with zero attached hydrogens (tertiary/aromatic N) is 2. The van der Waals surface area contributed by atoms with E-state index < -0.39 is 12.6 Å². The fourth-order valence-corrected chi connectivity index (χ4v) is 4.93. The van der Waals surface area contributed by atoms with Crippen LogP contribution in [0.2, 0.25) is 0 Å². The molecule has 0 aliphatic carbocycles. The van der Waals surface area contributed by atoms with E-state index in [4.69, 9.17) is 19.6 Å². The molecule has 1 aliphatic heterocycles. The van der Waals surface area contributed by atoms with Crippen LogP contribution in [0.1, 0.15) is 30.5 Å². The van der Waals surface area contributed by atoms with Crippen LogP contribution in [0, 0.1) is 13.8 Å². The zero-order valence-electron chi connectivity index (χ0n) is 18.8. The molecule has 1 saturated heterocycles. The second kappa shape index (κ2) is 10.9. The van der Waals surface area contributed by atoms with Crippen molar-refractivity contribution >= 4 is 56.5 Å². The average Bonchev–Trinajstić information content (AvgIpc) is 3.04. The molecule has 0 aromatic heterocycles. The number of aliphatic carboxylic acids is 1. The maximum absolute atomic E-state index is 13.1. The summed E-state index contributed by atoms with van der Waals surface area (Å²) < 4.78 is 11.6. The number of carboxylic acids is 1. The minimum absolute atomic E-state index is 0.118. The van der Waals surface area contributed by atoms with Crippen molar-refractivity contribution in [2.45, 2.75) is 27.7 Å². The van der Waals surface area contributed by atoms with E-state index >= 15 is 0 Å². The fraction of sp³-hybridized carbons (Fsp3) is 0.292. The molecule has 1 heterocycles. The van der Waals surface area contributed by atoms with Gasteiger partial charge in [-0.1, -0.05) is 18.2 Å². The lowest BCUT2D eigenvalue weighted by atomic mass is 10.1. The zero-order valence-corrected chi connectivity index (χ0v) is 21.2. The molecule has 0 unspecified atom stereocenters. The molecule has 1 amide bonds. The van der Waals surface area contributed by atoms with Crippen molar-refractivity contribution in [2.24, 2.45) is 4.99 Å². The molecule has 1 fully saturated rings. The third kappa shape index (κ3) is 5.78. The van der Waals surface area contributed by atoms with Gasteiger partial charge in [-0.2, -0.15) is 0 Å². The van der Waals surface area contributed by atoms with Gasteiger partial charge in [0.25, 0.3) is 5.91 Å². The summed E-state index contributed by atoms with van der Waals surface area (Å²) in [5, 5.41) is 9.56. The van der Waals surface area contributed by atoms with Gasteiger partial charge in [-0.15, -0.1) is 0 Å². The predicted molar refractivity (Wildman–Crippen MR) is 134 cm³/mol. The number of para-hydroxylation sites is 1. The van der Waals surface area contributed by atoms with Crippen molar-refractivity contribution in [3.05, 3.63) is 56.4 Å². The van der Waals surface area contributed by atoms with Gasteiger partial charge in [-0.05, 0) is 90.3 Å². The van der Waals surface area contributed by atoms with Crippen molar-refractivity contribution in [3.8, 4) is 11.5 Å². The van der Waals surface area contributed by atoms with E-state index in [0.717, 1.165) is 16.8 Å². The molecule has 7 nitrogen and oxygen atoms in total. The monoisotopic (exact) mass is 532 g/mol. The molecule has 2 aromatic carbocycles. The Balaban J connectivity index is 1.98. The smallest absolute Gasteiger partial charge is 0.341 e. The number of likely N-dealkylation sites (N-methyl/N-ethyl adjacent to an activating group) is 1. The standard InChI is InChI=1S/C24H25BrN2O5S/c1-5-27-23(30)19(33-24(27)26-21-14(3)8-7-9-15(21)4)12-16-10-17(25)22(32-13-20(28)29)18(11-16)31-6-2/h7-12H,5-6,13H2,1-4H3,(H,28,29)/b19-12+,26-24?. The highest BCUT2D eigenvalue weighted by atomic mass is 79.9. The van der Waals surface area contributed by atoms with Crippen molar-refractivity contribution in [3.63, 3.8) is 0 Å². The van der Waals surface area contributed by atoms with Gasteiger partial charge in [0.2, 0.25) is 0 Å². The first-order chi connectivity index (χ1) is 15.7. The number of carbonyl (C=O) groups is 2. The summed E-state index contributed by atoms with van der Waals surface area (Å²) in [4.78, 5) is 31.0.